The Bertz CT molecular complexity index is 1650. The van der Waals surface area contributed by atoms with Crippen LogP contribution in [-0.4, -0.2) is 107 Å². The highest BCUT2D eigenvalue weighted by Crippen LogP contribution is 2.52. The van der Waals surface area contributed by atoms with E-state index in [1.165, 1.54) is 9.80 Å². The molecule has 6 rings (SSSR count). The molecule has 4 heterocycles. The number of nitrogens with zero attached hydrogens (tertiary/aromatic N) is 5. The Morgan fingerprint density at radius 2 is 1.76 bits per heavy atom. The largest absolute Gasteiger partial charge is 0.465 e. The van der Waals surface area contributed by atoms with Crippen LogP contribution in [0.4, 0.5) is 16.3 Å². The molecule has 3 N–H and O–H groups in total. The van der Waals surface area contributed by atoms with Gasteiger partial charge in [-0.05, 0) is 12.5 Å². The monoisotopic (exact) mass is 649 g/mol. The summed E-state index contributed by atoms with van der Waals surface area (Å²) in [5.74, 6) is -0.237. The molecular formula is C31H36N7O7P. The van der Waals surface area contributed by atoms with Crippen molar-refractivity contribution >= 4 is 36.9 Å². The van der Waals surface area contributed by atoms with Crippen molar-refractivity contribution in [2.24, 2.45) is 0 Å². The van der Waals surface area contributed by atoms with Crippen molar-refractivity contribution in [1.29, 1.82) is 0 Å². The summed E-state index contributed by atoms with van der Waals surface area (Å²) in [6, 6.07) is 16.9. The molecule has 46 heavy (non-hydrogen) atoms. The van der Waals surface area contributed by atoms with Gasteiger partial charge in [0.2, 0.25) is 5.91 Å². The van der Waals surface area contributed by atoms with E-state index in [2.05, 4.69) is 15.4 Å². The van der Waals surface area contributed by atoms with Gasteiger partial charge in [0, 0.05) is 69.3 Å². The van der Waals surface area contributed by atoms with E-state index in [1.54, 1.807) is 25.3 Å². The molecule has 1 unspecified atom stereocenters. The first-order valence-electron chi connectivity index (χ1n) is 15.1. The van der Waals surface area contributed by atoms with Crippen LogP contribution in [0.1, 0.15) is 22.5 Å². The van der Waals surface area contributed by atoms with Crippen molar-refractivity contribution in [3.63, 3.8) is 0 Å². The number of nitrogens with one attached hydrogen (secondary N) is 2. The quantitative estimate of drug-likeness (QED) is 0.307. The van der Waals surface area contributed by atoms with Crippen LogP contribution in [0.3, 0.4) is 0 Å². The minimum atomic E-state index is -3.65. The third kappa shape index (κ3) is 6.99. The van der Waals surface area contributed by atoms with Crippen molar-refractivity contribution in [2.75, 3.05) is 62.5 Å². The number of aromatic nitrogens is 2. The molecule has 1 aromatic heterocycles. The number of piperazine rings is 1. The van der Waals surface area contributed by atoms with Gasteiger partial charge in [-0.3, -0.25) is 14.2 Å². The summed E-state index contributed by atoms with van der Waals surface area (Å²) in [6.45, 7) is 1.86. The second-order valence-corrected chi connectivity index (χ2v) is 13.6. The number of methoxy groups -OCH3 is 1. The summed E-state index contributed by atoms with van der Waals surface area (Å²) in [5.41, 5.74) is 2.22. The molecule has 0 saturated carbocycles. The predicted octanol–water partition coefficient (Wildman–Crippen LogP) is 3.12. The molecule has 2 aromatic carbocycles. The van der Waals surface area contributed by atoms with Crippen molar-refractivity contribution in [2.45, 2.75) is 25.2 Å². The van der Waals surface area contributed by atoms with Gasteiger partial charge in [0.05, 0.1) is 18.9 Å². The van der Waals surface area contributed by atoms with Crippen LogP contribution in [0.2, 0.25) is 0 Å². The normalized spacial score (nSPS) is 21.7. The maximum absolute atomic E-state index is 14.0. The SMILES string of the molecule is CO[C@H]1CCN(c2cc(C(=O)N[C@@H](CP3(=O)Nc4ccccc4CO3)C(=O)N3CCN(C(=O)O)CC3)nc(-c3ccccc3)n2)C1. The van der Waals surface area contributed by atoms with E-state index in [4.69, 9.17) is 14.2 Å². The smallest absolute Gasteiger partial charge is 0.407 e. The number of rotatable bonds is 8. The van der Waals surface area contributed by atoms with Gasteiger partial charge in [0.15, 0.2) is 5.82 Å². The first-order valence-corrected chi connectivity index (χ1v) is 16.9. The standard InChI is InChI=1S/C31H36N7O7P/c1-44-23-11-12-38(18-23)27-17-25(32-28(34-27)21-7-3-2-4-8-21)29(39)33-26(30(40)36-13-15-37(16-14-36)31(41)42)20-46(43)35-24-10-6-5-9-22(24)19-45-46/h2-10,17,23,26H,11-16,18-20H2,1H3,(H,33,39)(H,35,43)(H,41,42)/t23-,26-,46?/m0/s1. The molecule has 15 heteroatoms. The number of carboxylic acid groups (broad SMARTS) is 1. The zero-order chi connectivity index (χ0) is 32.3. The highest BCUT2D eigenvalue weighted by molar-refractivity contribution is 7.60. The van der Waals surface area contributed by atoms with E-state index in [0.717, 1.165) is 12.0 Å². The van der Waals surface area contributed by atoms with E-state index in [1.807, 2.05) is 47.4 Å². The summed E-state index contributed by atoms with van der Waals surface area (Å²) >= 11 is 0. The second kappa shape index (κ2) is 13.5. The van der Waals surface area contributed by atoms with Crippen LogP contribution in [0.5, 0.6) is 0 Å². The van der Waals surface area contributed by atoms with Crippen molar-refractivity contribution in [1.82, 2.24) is 25.1 Å². The minimum Gasteiger partial charge on any atom is -0.465 e. The number of fused-ring (bicyclic) bond motifs is 1. The molecule has 0 bridgehead atoms. The van der Waals surface area contributed by atoms with Crippen LogP contribution in [0.15, 0.2) is 60.7 Å². The fourth-order valence-electron chi connectivity index (χ4n) is 5.80. The fraction of sp³-hybridized carbons (Fsp3) is 0.387. The third-order valence-electron chi connectivity index (χ3n) is 8.40. The zero-order valence-electron chi connectivity index (χ0n) is 25.4. The topological polar surface area (TPSA) is 167 Å². The maximum Gasteiger partial charge on any atom is 0.407 e. The Hall–Kier alpha value is -4.52. The van der Waals surface area contributed by atoms with Crippen LogP contribution >= 0.6 is 7.52 Å². The van der Waals surface area contributed by atoms with Gasteiger partial charge in [0.1, 0.15) is 17.6 Å². The van der Waals surface area contributed by atoms with E-state index in [-0.39, 0.29) is 50.7 Å². The molecule has 2 saturated heterocycles. The Morgan fingerprint density at radius 1 is 1.04 bits per heavy atom. The highest BCUT2D eigenvalue weighted by atomic mass is 31.2. The lowest BCUT2D eigenvalue weighted by Gasteiger charge is -2.36. The van der Waals surface area contributed by atoms with Crippen molar-refractivity contribution in [3.8, 4) is 11.4 Å². The van der Waals surface area contributed by atoms with Gasteiger partial charge in [-0.1, -0.05) is 48.5 Å². The first kappa shape index (κ1) is 31.5. The van der Waals surface area contributed by atoms with Crippen LogP contribution in [0, 0.1) is 0 Å². The molecule has 14 nitrogen and oxygen atoms in total. The summed E-state index contributed by atoms with van der Waals surface area (Å²) in [7, 11) is -1.99. The summed E-state index contributed by atoms with van der Waals surface area (Å²) < 4.78 is 25.3. The molecule has 242 valence electrons. The van der Waals surface area contributed by atoms with Gasteiger partial charge in [-0.25, -0.2) is 14.8 Å². The average Bonchev–Trinajstić information content (AvgIpc) is 3.57. The minimum absolute atomic E-state index is 0.0290. The molecular weight excluding hydrogens is 613 g/mol. The van der Waals surface area contributed by atoms with Crippen molar-refractivity contribution < 1.29 is 33.3 Å². The van der Waals surface area contributed by atoms with Gasteiger partial charge in [-0.2, -0.15) is 0 Å². The van der Waals surface area contributed by atoms with Gasteiger partial charge < -0.3 is 39.5 Å². The van der Waals surface area contributed by atoms with Gasteiger partial charge >= 0.3 is 6.09 Å². The van der Waals surface area contributed by atoms with Crippen LogP contribution < -0.4 is 15.3 Å². The summed E-state index contributed by atoms with van der Waals surface area (Å²) in [5, 5.41) is 15.1. The number of ether oxygens (including phenoxy) is 1. The molecule has 3 aliphatic heterocycles. The zero-order valence-corrected chi connectivity index (χ0v) is 26.3. The number of benzene rings is 2. The van der Waals surface area contributed by atoms with Gasteiger partial charge in [0.25, 0.3) is 13.4 Å². The van der Waals surface area contributed by atoms with Crippen molar-refractivity contribution in [3.05, 3.63) is 71.9 Å². The van der Waals surface area contributed by atoms with Crippen LogP contribution in [0.25, 0.3) is 11.4 Å². The number of carbonyl (C=O) groups excluding carboxylic acids is 2. The number of amides is 3. The lowest BCUT2D eigenvalue weighted by molar-refractivity contribution is -0.134. The Morgan fingerprint density at radius 3 is 2.48 bits per heavy atom. The first-order chi connectivity index (χ1) is 22.2. The molecule has 0 spiro atoms. The van der Waals surface area contributed by atoms with Crippen LogP contribution in [-0.2, 0) is 25.2 Å². The Labute approximate surface area is 266 Å². The molecule has 3 aromatic rings. The van der Waals surface area contributed by atoms with E-state index in [0.29, 0.717) is 36.0 Å². The average molecular weight is 650 g/mol. The van der Waals surface area contributed by atoms with E-state index < -0.39 is 31.5 Å². The molecule has 2 fully saturated rings. The summed E-state index contributed by atoms with van der Waals surface area (Å²) in [6.07, 6.45) is -0.555. The van der Waals surface area contributed by atoms with Gasteiger partial charge in [-0.15, -0.1) is 0 Å². The third-order valence-corrected chi connectivity index (χ3v) is 10.4. The predicted molar refractivity (Wildman–Crippen MR) is 170 cm³/mol. The molecule has 3 amide bonds. The second-order valence-electron chi connectivity index (χ2n) is 11.4. The number of para-hydroxylation sites is 1. The van der Waals surface area contributed by atoms with E-state index in [9.17, 15) is 24.1 Å². The molecule has 3 atom stereocenters. The summed E-state index contributed by atoms with van der Waals surface area (Å²) in [4.78, 5) is 53.4. The van der Waals surface area contributed by atoms with E-state index >= 15 is 0 Å². The highest BCUT2D eigenvalue weighted by Gasteiger charge is 2.39. The molecule has 0 radical (unpaired) electrons. The Kier molecular flexibility index (Phi) is 9.20. The number of hydrogen-bond acceptors (Lipinski definition) is 9. The molecule has 3 aliphatic rings. The fourth-order valence-corrected chi connectivity index (χ4v) is 7.72. The Balaban J connectivity index is 1.29. The number of hydrogen-bond donors (Lipinski definition) is 3. The number of carbonyl (C=O) groups is 3. The molecule has 0 aliphatic carbocycles. The lowest BCUT2D eigenvalue weighted by atomic mass is 10.2. The lowest BCUT2D eigenvalue weighted by Crippen LogP contribution is -2.56. The maximum atomic E-state index is 14.0. The number of anilines is 2.